The number of hydrogen-bond acceptors (Lipinski definition) is 4. The fourth-order valence-corrected chi connectivity index (χ4v) is 4.55. The van der Waals surface area contributed by atoms with Crippen LogP contribution >= 0.6 is 11.6 Å². The van der Waals surface area contributed by atoms with E-state index in [0.29, 0.717) is 10.9 Å². The third-order valence-electron chi connectivity index (χ3n) is 6.26. The predicted molar refractivity (Wildman–Crippen MR) is 111 cm³/mol. The van der Waals surface area contributed by atoms with Crippen LogP contribution in [0.4, 0.5) is 5.82 Å². The molecule has 0 spiro atoms. The van der Waals surface area contributed by atoms with Gasteiger partial charge in [0.1, 0.15) is 17.3 Å². The van der Waals surface area contributed by atoms with Gasteiger partial charge in [0.25, 0.3) is 5.78 Å². The smallest absolute Gasteiger partial charge is 0.255 e. The Morgan fingerprint density at radius 1 is 0.815 bits per heavy atom. The van der Waals surface area contributed by atoms with Crippen molar-refractivity contribution in [1.82, 2.24) is 19.6 Å². The molecule has 0 saturated carbocycles. The monoisotopic (exact) mass is 383 g/mol. The predicted octanol–water partition coefficient (Wildman–Crippen LogP) is 4.98. The largest absolute Gasteiger partial charge is 0.356 e. The number of aromatic nitrogens is 4. The lowest BCUT2D eigenvalue weighted by Crippen LogP contribution is -2.32. The van der Waals surface area contributed by atoms with Gasteiger partial charge in [0.2, 0.25) is 0 Å². The normalized spacial score (nSPS) is 15.0. The SMILES string of the molecule is Cc1c(C)c(C)c(-c2c(Cl)nc3ncnn3c2N2CCCCC2)c(C)c1C. The summed E-state index contributed by atoms with van der Waals surface area (Å²) in [5.41, 5.74) is 8.66. The molecule has 0 aliphatic carbocycles. The first-order chi connectivity index (χ1) is 12.9. The highest BCUT2D eigenvalue weighted by Crippen LogP contribution is 2.42. The van der Waals surface area contributed by atoms with Gasteiger partial charge < -0.3 is 4.90 Å². The van der Waals surface area contributed by atoms with Crippen molar-refractivity contribution in [3.8, 4) is 11.1 Å². The van der Waals surface area contributed by atoms with Crippen LogP contribution in [-0.2, 0) is 0 Å². The Kier molecular flexibility index (Phi) is 4.58. The molecule has 27 heavy (non-hydrogen) atoms. The van der Waals surface area contributed by atoms with E-state index in [9.17, 15) is 0 Å². The van der Waals surface area contributed by atoms with Crippen molar-refractivity contribution >= 4 is 23.2 Å². The Labute approximate surface area is 165 Å². The Morgan fingerprint density at radius 2 is 1.41 bits per heavy atom. The van der Waals surface area contributed by atoms with Crippen molar-refractivity contribution in [2.24, 2.45) is 0 Å². The molecule has 5 nitrogen and oxygen atoms in total. The average Bonchev–Trinajstić information content (AvgIpc) is 3.13. The van der Waals surface area contributed by atoms with Gasteiger partial charge in [0.15, 0.2) is 0 Å². The molecule has 1 saturated heterocycles. The maximum Gasteiger partial charge on any atom is 0.255 e. The number of benzene rings is 1. The number of nitrogens with zero attached hydrogens (tertiary/aromatic N) is 5. The summed E-state index contributed by atoms with van der Waals surface area (Å²) < 4.78 is 1.86. The Bertz CT molecular complexity index is 1000. The van der Waals surface area contributed by atoms with Gasteiger partial charge >= 0.3 is 0 Å². The molecule has 1 aliphatic heterocycles. The standard InChI is InChI=1S/C21H26ClN5/c1-12-13(2)15(4)17(16(5)14(12)3)18-19(22)25-21-23-11-24-27(21)20(18)26-9-7-6-8-10-26/h11H,6-10H2,1-5H3. The van der Waals surface area contributed by atoms with E-state index in [1.54, 1.807) is 6.33 Å². The van der Waals surface area contributed by atoms with Gasteiger partial charge in [0.05, 0.1) is 5.56 Å². The maximum absolute atomic E-state index is 6.79. The minimum absolute atomic E-state index is 0.505. The third-order valence-corrected chi connectivity index (χ3v) is 6.54. The van der Waals surface area contributed by atoms with Crippen molar-refractivity contribution in [3.63, 3.8) is 0 Å². The molecule has 1 aliphatic rings. The van der Waals surface area contributed by atoms with Gasteiger partial charge in [-0.2, -0.15) is 19.6 Å². The van der Waals surface area contributed by atoms with Crippen LogP contribution in [0, 0.1) is 34.6 Å². The third kappa shape index (κ3) is 2.80. The highest BCUT2D eigenvalue weighted by molar-refractivity contribution is 6.33. The fraction of sp³-hybridized carbons (Fsp3) is 0.476. The Hall–Kier alpha value is -2.14. The summed E-state index contributed by atoms with van der Waals surface area (Å²) in [5, 5.41) is 4.99. The first-order valence-electron chi connectivity index (χ1n) is 9.63. The first kappa shape index (κ1) is 18.2. The van der Waals surface area contributed by atoms with Crippen LogP contribution in [0.5, 0.6) is 0 Å². The second-order valence-electron chi connectivity index (χ2n) is 7.62. The van der Waals surface area contributed by atoms with E-state index < -0.39 is 0 Å². The van der Waals surface area contributed by atoms with E-state index in [2.05, 4.69) is 54.6 Å². The molecule has 0 bridgehead atoms. The molecule has 0 radical (unpaired) electrons. The zero-order chi connectivity index (χ0) is 19.3. The molecular weight excluding hydrogens is 358 g/mol. The van der Waals surface area contributed by atoms with E-state index in [4.69, 9.17) is 11.6 Å². The summed E-state index contributed by atoms with van der Waals surface area (Å²) >= 11 is 6.79. The van der Waals surface area contributed by atoms with E-state index in [0.717, 1.165) is 24.5 Å². The second kappa shape index (κ2) is 6.79. The molecule has 1 fully saturated rings. The van der Waals surface area contributed by atoms with Gasteiger partial charge in [-0.15, -0.1) is 0 Å². The number of fused-ring (bicyclic) bond motifs is 1. The summed E-state index contributed by atoms with van der Waals surface area (Å²) in [4.78, 5) is 11.3. The van der Waals surface area contributed by atoms with E-state index in [-0.39, 0.29) is 0 Å². The van der Waals surface area contributed by atoms with Crippen LogP contribution in [0.2, 0.25) is 5.15 Å². The van der Waals surface area contributed by atoms with E-state index in [1.807, 2.05) is 4.52 Å². The molecule has 0 N–H and O–H groups in total. The zero-order valence-electron chi connectivity index (χ0n) is 16.7. The molecule has 0 amide bonds. The maximum atomic E-state index is 6.79. The topological polar surface area (TPSA) is 46.3 Å². The van der Waals surface area contributed by atoms with Crippen LogP contribution in [-0.4, -0.2) is 32.7 Å². The van der Waals surface area contributed by atoms with Crippen LogP contribution < -0.4 is 4.90 Å². The quantitative estimate of drug-likeness (QED) is 0.585. The van der Waals surface area contributed by atoms with Crippen LogP contribution in [0.3, 0.4) is 0 Å². The minimum atomic E-state index is 0.505. The average molecular weight is 384 g/mol. The van der Waals surface area contributed by atoms with Crippen molar-refractivity contribution in [2.75, 3.05) is 18.0 Å². The number of anilines is 1. The molecule has 142 valence electrons. The Balaban J connectivity index is 2.10. The van der Waals surface area contributed by atoms with Gasteiger partial charge in [-0.1, -0.05) is 11.6 Å². The van der Waals surface area contributed by atoms with Gasteiger partial charge in [0, 0.05) is 13.1 Å². The van der Waals surface area contributed by atoms with E-state index >= 15 is 0 Å². The summed E-state index contributed by atoms with van der Waals surface area (Å²) in [7, 11) is 0. The van der Waals surface area contributed by atoms with Crippen LogP contribution in [0.15, 0.2) is 6.33 Å². The molecule has 3 heterocycles. The molecule has 6 heteroatoms. The number of hydrogen-bond donors (Lipinski definition) is 0. The second-order valence-corrected chi connectivity index (χ2v) is 7.98. The highest BCUT2D eigenvalue weighted by atomic mass is 35.5. The fourth-order valence-electron chi connectivity index (χ4n) is 4.29. The van der Waals surface area contributed by atoms with Crippen molar-refractivity contribution in [2.45, 2.75) is 53.9 Å². The van der Waals surface area contributed by atoms with Crippen molar-refractivity contribution in [3.05, 3.63) is 39.3 Å². The van der Waals surface area contributed by atoms with Crippen molar-refractivity contribution < 1.29 is 0 Å². The minimum Gasteiger partial charge on any atom is -0.356 e. The lowest BCUT2D eigenvalue weighted by molar-refractivity contribution is 0.569. The lowest BCUT2D eigenvalue weighted by atomic mass is 9.86. The summed E-state index contributed by atoms with van der Waals surface area (Å²) in [6.45, 7) is 13.0. The molecule has 1 aromatic carbocycles. The molecule has 4 rings (SSSR count). The summed E-state index contributed by atoms with van der Waals surface area (Å²) in [5.74, 6) is 1.58. The Morgan fingerprint density at radius 3 is 2.04 bits per heavy atom. The molecule has 2 aromatic heterocycles. The first-order valence-corrected chi connectivity index (χ1v) is 10.0. The molecule has 0 atom stereocenters. The molecular formula is C21H26ClN5. The molecule has 3 aromatic rings. The van der Waals surface area contributed by atoms with Gasteiger partial charge in [-0.3, -0.25) is 0 Å². The highest BCUT2D eigenvalue weighted by Gasteiger charge is 2.27. The van der Waals surface area contributed by atoms with Crippen LogP contribution in [0.1, 0.15) is 47.1 Å². The summed E-state index contributed by atoms with van der Waals surface area (Å²) in [6.07, 6.45) is 5.19. The number of piperidine rings is 1. The zero-order valence-corrected chi connectivity index (χ0v) is 17.5. The van der Waals surface area contributed by atoms with Gasteiger partial charge in [-0.25, -0.2) is 0 Å². The van der Waals surface area contributed by atoms with E-state index in [1.165, 1.54) is 52.6 Å². The summed E-state index contributed by atoms with van der Waals surface area (Å²) in [6, 6.07) is 0. The van der Waals surface area contributed by atoms with Gasteiger partial charge in [-0.05, 0) is 87.3 Å². The van der Waals surface area contributed by atoms with Crippen LogP contribution in [0.25, 0.3) is 16.9 Å². The lowest BCUT2D eigenvalue weighted by Gasteiger charge is -2.31. The number of halogens is 1. The number of rotatable bonds is 2. The van der Waals surface area contributed by atoms with Crippen molar-refractivity contribution in [1.29, 1.82) is 0 Å². The molecule has 0 unspecified atom stereocenters.